The van der Waals surface area contributed by atoms with E-state index in [1.54, 1.807) is 23.1 Å². The summed E-state index contributed by atoms with van der Waals surface area (Å²) in [4.78, 5) is 27.9. The van der Waals surface area contributed by atoms with Gasteiger partial charge in [0.15, 0.2) is 11.5 Å². The summed E-state index contributed by atoms with van der Waals surface area (Å²) in [5, 5.41) is 12.9. The van der Waals surface area contributed by atoms with Crippen LogP contribution in [-0.4, -0.2) is 41.5 Å². The molecule has 2 aliphatic rings. The van der Waals surface area contributed by atoms with Gasteiger partial charge in [-0.05, 0) is 36.1 Å². The van der Waals surface area contributed by atoms with E-state index in [0.717, 1.165) is 17.7 Å². The van der Waals surface area contributed by atoms with E-state index in [1.807, 2.05) is 24.4 Å². The fraction of sp³-hybridized carbons (Fsp3) is 0.333. The predicted molar refractivity (Wildman–Crippen MR) is 106 cm³/mol. The quantitative estimate of drug-likeness (QED) is 0.471. The van der Waals surface area contributed by atoms with Gasteiger partial charge in [0.05, 0.1) is 11.6 Å². The molecular weight excluding hydrogens is 378 g/mol. The van der Waals surface area contributed by atoms with Crippen molar-refractivity contribution in [3.63, 3.8) is 0 Å². The molecule has 1 unspecified atom stereocenters. The lowest BCUT2D eigenvalue weighted by molar-refractivity contribution is -0.139. The number of rotatable bonds is 5. The number of hydrogen-bond acceptors (Lipinski definition) is 6. The number of benzene rings is 1. The van der Waals surface area contributed by atoms with E-state index in [9.17, 15) is 14.7 Å². The summed E-state index contributed by atoms with van der Waals surface area (Å²) in [6, 6.07) is 8.22. The Labute approximate surface area is 167 Å². The molecule has 28 heavy (non-hydrogen) atoms. The average molecular weight is 399 g/mol. The molecule has 1 fully saturated rings. The number of aliphatic hydroxyl groups is 1. The maximum absolute atomic E-state index is 12.8. The Morgan fingerprint density at radius 3 is 2.71 bits per heavy atom. The van der Waals surface area contributed by atoms with E-state index < -0.39 is 17.7 Å². The summed E-state index contributed by atoms with van der Waals surface area (Å²) in [5.74, 6) is -0.287. The molecule has 1 aromatic carbocycles. The van der Waals surface area contributed by atoms with Crippen LogP contribution in [0, 0.1) is 0 Å². The van der Waals surface area contributed by atoms with Crippen molar-refractivity contribution in [1.29, 1.82) is 0 Å². The van der Waals surface area contributed by atoms with Gasteiger partial charge in [-0.3, -0.25) is 9.59 Å². The van der Waals surface area contributed by atoms with Crippen molar-refractivity contribution in [2.24, 2.45) is 0 Å². The van der Waals surface area contributed by atoms with Crippen LogP contribution >= 0.6 is 11.3 Å². The molecule has 4 rings (SSSR count). The first kappa shape index (κ1) is 18.6. The van der Waals surface area contributed by atoms with Gasteiger partial charge in [-0.2, -0.15) is 0 Å². The number of ketones is 1. The first-order valence-electron chi connectivity index (χ1n) is 9.33. The molecule has 0 spiro atoms. The molecule has 1 N–H and O–H groups in total. The van der Waals surface area contributed by atoms with Crippen LogP contribution in [0.5, 0.6) is 11.5 Å². The third kappa shape index (κ3) is 3.16. The maximum Gasteiger partial charge on any atom is 0.295 e. The summed E-state index contributed by atoms with van der Waals surface area (Å²) in [6.07, 6.45) is 1.70. The highest BCUT2D eigenvalue weighted by atomic mass is 32.1. The predicted octanol–water partition coefficient (Wildman–Crippen LogP) is 3.74. The second kappa shape index (κ2) is 7.67. The zero-order chi connectivity index (χ0) is 19.7. The fourth-order valence-corrected chi connectivity index (χ4v) is 4.37. The van der Waals surface area contributed by atoms with Crippen molar-refractivity contribution >= 4 is 28.8 Å². The first-order valence-corrected chi connectivity index (χ1v) is 10.2. The number of hydrogen-bond donors (Lipinski definition) is 1. The number of unbranched alkanes of at least 4 members (excludes halogenated alkanes) is 1. The molecule has 7 heteroatoms. The van der Waals surface area contributed by atoms with E-state index in [4.69, 9.17) is 9.47 Å². The molecule has 3 heterocycles. The van der Waals surface area contributed by atoms with Crippen molar-refractivity contribution in [3.8, 4) is 11.5 Å². The van der Waals surface area contributed by atoms with Gasteiger partial charge >= 0.3 is 0 Å². The van der Waals surface area contributed by atoms with Gasteiger partial charge in [0, 0.05) is 17.0 Å². The second-order valence-electron chi connectivity index (χ2n) is 6.72. The Kier molecular flexibility index (Phi) is 5.09. The summed E-state index contributed by atoms with van der Waals surface area (Å²) in [6.45, 7) is 3.40. The fourth-order valence-electron chi connectivity index (χ4n) is 3.53. The first-order chi connectivity index (χ1) is 13.6. The number of nitrogens with zero attached hydrogens (tertiary/aromatic N) is 1. The van der Waals surface area contributed by atoms with Crippen LogP contribution < -0.4 is 9.47 Å². The maximum atomic E-state index is 12.8. The number of carbonyl (C=O) groups excluding carboxylic acids is 2. The highest BCUT2D eigenvalue weighted by molar-refractivity contribution is 7.10. The number of Topliss-reactive ketones (excluding diaryl/α,β-unsaturated/α-hetero) is 1. The van der Waals surface area contributed by atoms with Crippen LogP contribution in [0.3, 0.4) is 0 Å². The van der Waals surface area contributed by atoms with Crippen LogP contribution in [0.4, 0.5) is 0 Å². The summed E-state index contributed by atoms with van der Waals surface area (Å²) < 4.78 is 11.1. The monoisotopic (exact) mass is 399 g/mol. The lowest BCUT2D eigenvalue weighted by atomic mass is 9.99. The topological polar surface area (TPSA) is 76.1 Å². The van der Waals surface area contributed by atoms with Crippen LogP contribution in [-0.2, 0) is 9.59 Å². The molecule has 6 nitrogen and oxygen atoms in total. The van der Waals surface area contributed by atoms with Gasteiger partial charge in [0.2, 0.25) is 0 Å². The summed E-state index contributed by atoms with van der Waals surface area (Å²) in [5.41, 5.74) is 0.555. The minimum absolute atomic E-state index is 0.125. The van der Waals surface area contributed by atoms with Gasteiger partial charge in [-0.25, -0.2) is 0 Å². The van der Waals surface area contributed by atoms with Gasteiger partial charge in [-0.15, -0.1) is 11.3 Å². The Morgan fingerprint density at radius 1 is 1.21 bits per heavy atom. The lowest BCUT2D eigenvalue weighted by Gasteiger charge is -2.24. The molecule has 146 valence electrons. The number of thiophene rings is 1. The van der Waals surface area contributed by atoms with Crippen molar-refractivity contribution in [3.05, 3.63) is 51.7 Å². The van der Waals surface area contributed by atoms with Crippen molar-refractivity contribution < 1.29 is 24.2 Å². The minimum Gasteiger partial charge on any atom is -0.507 e. The van der Waals surface area contributed by atoms with Crippen molar-refractivity contribution in [1.82, 2.24) is 4.90 Å². The molecule has 0 saturated carbocycles. The smallest absolute Gasteiger partial charge is 0.295 e. The molecule has 0 radical (unpaired) electrons. The van der Waals surface area contributed by atoms with Crippen LogP contribution in [0.15, 0.2) is 41.3 Å². The van der Waals surface area contributed by atoms with Gasteiger partial charge in [0.1, 0.15) is 19.0 Å². The number of amides is 1. The van der Waals surface area contributed by atoms with Gasteiger partial charge < -0.3 is 19.5 Å². The Balaban J connectivity index is 1.80. The number of carbonyl (C=O) groups is 2. The Bertz CT molecular complexity index is 934. The lowest BCUT2D eigenvalue weighted by Crippen LogP contribution is -2.30. The average Bonchev–Trinajstić information content (AvgIpc) is 3.33. The largest absolute Gasteiger partial charge is 0.507 e. The Hall–Kier alpha value is -2.80. The van der Waals surface area contributed by atoms with Crippen molar-refractivity contribution in [2.75, 3.05) is 19.8 Å². The number of aliphatic hydroxyl groups excluding tert-OH is 1. The molecule has 2 aliphatic heterocycles. The normalized spacial score (nSPS) is 20.6. The Morgan fingerprint density at radius 2 is 2.00 bits per heavy atom. The van der Waals surface area contributed by atoms with E-state index in [0.29, 0.717) is 36.8 Å². The molecule has 0 aliphatic carbocycles. The highest BCUT2D eigenvalue weighted by Gasteiger charge is 2.46. The zero-order valence-electron chi connectivity index (χ0n) is 15.5. The molecule has 0 bridgehead atoms. The van der Waals surface area contributed by atoms with E-state index in [2.05, 4.69) is 0 Å². The number of ether oxygens (including phenoxy) is 2. The van der Waals surface area contributed by atoms with Crippen LogP contribution in [0.1, 0.15) is 36.2 Å². The zero-order valence-corrected chi connectivity index (χ0v) is 16.3. The van der Waals surface area contributed by atoms with E-state index in [-0.39, 0.29) is 11.3 Å². The molecular formula is C21H21NO5S. The summed E-state index contributed by atoms with van der Waals surface area (Å²) >= 11 is 1.46. The number of likely N-dealkylation sites (tertiary alicyclic amines) is 1. The minimum atomic E-state index is -0.651. The standard InChI is InChI=1S/C21H21NO5S/c1-2-3-8-22-18(16-5-4-11-28-16)17(20(24)21(22)25)19(23)13-6-7-14-15(12-13)27-10-9-26-14/h4-7,11-12,18,23H,2-3,8-10H2,1H3/b19-17-. The molecule has 1 atom stereocenters. The van der Waals surface area contributed by atoms with Crippen molar-refractivity contribution in [2.45, 2.75) is 25.8 Å². The molecule has 1 aromatic heterocycles. The highest BCUT2D eigenvalue weighted by Crippen LogP contribution is 2.42. The van der Waals surface area contributed by atoms with Gasteiger partial charge in [-0.1, -0.05) is 19.4 Å². The third-order valence-corrected chi connectivity index (χ3v) is 5.85. The van der Waals surface area contributed by atoms with Crippen LogP contribution in [0.2, 0.25) is 0 Å². The third-order valence-electron chi connectivity index (χ3n) is 4.92. The van der Waals surface area contributed by atoms with Gasteiger partial charge in [0.25, 0.3) is 11.7 Å². The molecule has 1 amide bonds. The molecule has 1 saturated heterocycles. The van der Waals surface area contributed by atoms with Crippen LogP contribution in [0.25, 0.3) is 5.76 Å². The molecule has 2 aromatic rings. The summed E-state index contributed by atoms with van der Waals surface area (Å²) in [7, 11) is 0. The SMILES string of the molecule is CCCCN1C(=O)C(=O)/C(=C(\O)c2ccc3c(c2)OCCO3)C1c1cccs1. The number of fused-ring (bicyclic) bond motifs is 1. The second-order valence-corrected chi connectivity index (χ2v) is 7.70. The van der Waals surface area contributed by atoms with E-state index >= 15 is 0 Å². The van der Waals surface area contributed by atoms with E-state index in [1.165, 1.54) is 11.3 Å².